The van der Waals surface area contributed by atoms with Gasteiger partial charge in [-0.3, -0.25) is 9.69 Å². The third-order valence-electron chi connectivity index (χ3n) is 3.97. The van der Waals surface area contributed by atoms with Crippen LogP contribution in [0.2, 0.25) is 0 Å². The van der Waals surface area contributed by atoms with Gasteiger partial charge in [0, 0.05) is 0 Å². The van der Waals surface area contributed by atoms with Gasteiger partial charge in [-0.15, -0.1) is 0 Å². The highest BCUT2D eigenvalue weighted by molar-refractivity contribution is 6.13. The van der Waals surface area contributed by atoms with E-state index in [0.29, 0.717) is 11.4 Å². The summed E-state index contributed by atoms with van der Waals surface area (Å²) in [6.07, 6.45) is -0.864. The first-order valence-electron chi connectivity index (χ1n) is 7.35. The molecule has 4 nitrogen and oxygen atoms in total. The number of esters is 1. The standard InChI is InChI=1S/C18H16FNO3/c1-23-18(22)16(19)17(21)20-14-8-4-2-6-12(14)10-11-13-7-3-5-9-15(13)20/h2-9,16H,10-11H2,1H3. The fourth-order valence-corrected chi connectivity index (χ4v) is 2.83. The first-order chi connectivity index (χ1) is 11.1. The molecule has 1 amide bonds. The van der Waals surface area contributed by atoms with E-state index in [1.165, 1.54) is 4.90 Å². The zero-order valence-corrected chi connectivity index (χ0v) is 12.7. The number of alkyl halides is 1. The lowest BCUT2D eigenvalue weighted by atomic mass is 10.0. The summed E-state index contributed by atoms with van der Waals surface area (Å²) in [4.78, 5) is 25.4. The van der Waals surface area contributed by atoms with Crippen LogP contribution >= 0.6 is 0 Å². The van der Waals surface area contributed by atoms with Crippen LogP contribution in [0.4, 0.5) is 15.8 Å². The molecule has 2 aromatic carbocycles. The van der Waals surface area contributed by atoms with Gasteiger partial charge in [0.2, 0.25) is 0 Å². The third-order valence-corrected chi connectivity index (χ3v) is 3.97. The van der Waals surface area contributed by atoms with Crippen LogP contribution in [-0.2, 0) is 27.2 Å². The van der Waals surface area contributed by atoms with Crippen LogP contribution in [-0.4, -0.2) is 25.2 Å². The predicted molar refractivity (Wildman–Crippen MR) is 84.4 cm³/mol. The number of anilines is 2. The zero-order chi connectivity index (χ0) is 16.4. The number of fused-ring (bicyclic) bond motifs is 2. The number of para-hydroxylation sites is 2. The molecule has 0 fully saturated rings. The van der Waals surface area contributed by atoms with E-state index < -0.39 is 18.0 Å². The van der Waals surface area contributed by atoms with E-state index in [1.54, 1.807) is 24.3 Å². The third kappa shape index (κ3) is 2.70. The normalized spacial score (nSPS) is 14.3. The molecule has 1 unspecified atom stereocenters. The zero-order valence-electron chi connectivity index (χ0n) is 12.7. The number of rotatable bonds is 2. The van der Waals surface area contributed by atoms with E-state index in [4.69, 9.17) is 0 Å². The average molecular weight is 313 g/mol. The maximum Gasteiger partial charge on any atom is 0.350 e. The average Bonchev–Trinajstić information content (AvgIpc) is 2.76. The van der Waals surface area contributed by atoms with Gasteiger partial charge in [0.05, 0.1) is 18.5 Å². The minimum atomic E-state index is -2.35. The molecule has 0 N–H and O–H groups in total. The molecule has 0 aromatic heterocycles. The van der Waals surface area contributed by atoms with Crippen molar-refractivity contribution in [2.75, 3.05) is 12.0 Å². The van der Waals surface area contributed by atoms with Gasteiger partial charge in [-0.2, -0.15) is 0 Å². The highest BCUT2D eigenvalue weighted by Gasteiger charge is 2.35. The molecule has 0 radical (unpaired) electrons. The summed E-state index contributed by atoms with van der Waals surface area (Å²) < 4.78 is 18.6. The van der Waals surface area contributed by atoms with Crippen molar-refractivity contribution in [1.29, 1.82) is 0 Å². The lowest BCUT2D eigenvalue weighted by Crippen LogP contribution is -2.39. The quantitative estimate of drug-likeness (QED) is 0.632. The van der Waals surface area contributed by atoms with Gasteiger partial charge >= 0.3 is 5.97 Å². The second kappa shape index (κ2) is 6.20. The second-order valence-corrected chi connectivity index (χ2v) is 5.32. The lowest BCUT2D eigenvalue weighted by molar-refractivity contribution is -0.150. The molecule has 118 valence electrons. The molecule has 1 aliphatic rings. The largest absolute Gasteiger partial charge is 0.466 e. The number of nitrogens with zero attached hydrogens (tertiary/aromatic N) is 1. The molecule has 0 saturated heterocycles. The Morgan fingerprint density at radius 1 is 1.00 bits per heavy atom. The maximum absolute atomic E-state index is 14.2. The van der Waals surface area contributed by atoms with Crippen LogP contribution in [0.25, 0.3) is 0 Å². The van der Waals surface area contributed by atoms with Crippen LogP contribution in [0.1, 0.15) is 11.1 Å². The number of benzene rings is 2. The van der Waals surface area contributed by atoms with Crippen molar-refractivity contribution >= 4 is 23.3 Å². The first-order valence-corrected chi connectivity index (χ1v) is 7.35. The minimum absolute atomic E-state index is 0.606. The fraction of sp³-hybridized carbons (Fsp3) is 0.222. The number of amides is 1. The molecule has 0 spiro atoms. The van der Waals surface area contributed by atoms with E-state index in [9.17, 15) is 14.0 Å². The fourth-order valence-electron chi connectivity index (χ4n) is 2.83. The molecule has 0 aliphatic carbocycles. The molecule has 0 saturated carbocycles. The van der Waals surface area contributed by atoms with Crippen molar-refractivity contribution in [3.05, 3.63) is 59.7 Å². The Hall–Kier alpha value is -2.69. The van der Waals surface area contributed by atoms with Gasteiger partial charge in [-0.05, 0) is 36.1 Å². The molecule has 1 heterocycles. The predicted octanol–water partition coefficient (Wildman–Crippen LogP) is 2.96. The van der Waals surface area contributed by atoms with Gasteiger partial charge in [0.1, 0.15) is 0 Å². The molecule has 1 aliphatic heterocycles. The molecule has 2 aromatic rings. The molecule has 5 heteroatoms. The summed E-state index contributed by atoms with van der Waals surface area (Å²) in [5.41, 5.74) is 3.09. The van der Waals surface area contributed by atoms with Gasteiger partial charge in [-0.25, -0.2) is 9.18 Å². The molecular formula is C18H16FNO3. The Kier molecular flexibility index (Phi) is 4.10. The first kappa shape index (κ1) is 15.2. The number of carbonyl (C=O) groups excluding carboxylic acids is 2. The monoisotopic (exact) mass is 313 g/mol. The van der Waals surface area contributed by atoms with Crippen molar-refractivity contribution in [2.45, 2.75) is 19.0 Å². The Morgan fingerprint density at radius 3 is 1.96 bits per heavy atom. The molecule has 0 bridgehead atoms. The second-order valence-electron chi connectivity index (χ2n) is 5.32. The highest BCUT2D eigenvalue weighted by Crippen LogP contribution is 2.36. The van der Waals surface area contributed by atoms with Crippen molar-refractivity contribution in [3.63, 3.8) is 0 Å². The van der Waals surface area contributed by atoms with Gasteiger partial charge < -0.3 is 4.74 Å². The number of ether oxygens (including phenoxy) is 1. The van der Waals surface area contributed by atoms with Crippen molar-refractivity contribution in [1.82, 2.24) is 0 Å². The molecule has 23 heavy (non-hydrogen) atoms. The van der Waals surface area contributed by atoms with E-state index >= 15 is 0 Å². The van der Waals surface area contributed by atoms with Crippen LogP contribution < -0.4 is 4.90 Å². The van der Waals surface area contributed by atoms with E-state index in [1.807, 2.05) is 24.3 Å². The van der Waals surface area contributed by atoms with Crippen LogP contribution in [0.5, 0.6) is 0 Å². The number of methoxy groups -OCH3 is 1. The van der Waals surface area contributed by atoms with Crippen molar-refractivity contribution in [2.24, 2.45) is 0 Å². The van der Waals surface area contributed by atoms with Gasteiger partial charge in [-0.1, -0.05) is 36.4 Å². The number of hydrogen-bond donors (Lipinski definition) is 0. The molecular weight excluding hydrogens is 297 g/mol. The number of carbonyl (C=O) groups is 2. The number of halogens is 1. The van der Waals surface area contributed by atoms with Crippen LogP contribution in [0.3, 0.4) is 0 Å². The highest BCUT2D eigenvalue weighted by atomic mass is 19.1. The topological polar surface area (TPSA) is 46.6 Å². The molecule has 3 rings (SSSR count). The summed E-state index contributed by atoms with van der Waals surface area (Å²) in [6, 6.07) is 14.7. The smallest absolute Gasteiger partial charge is 0.350 e. The summed E-state index contributed by atoms with van der Waals surface area (Å²) in [7, 11) is 1.06. The Labute approximate surface area is 133 Å². The summed E-state index contributed by atoms with van der Waals surface area (Å²) in [6.45, 7) is 0. The van der Waals surface area contributed by atoms with Gasteiger partial charge in [0.15, 0.2) is 0 Å². The van der Waals surface area contributed by atoms with Gasteiger partial charge in [0.25, 0.3) is 12.1 Å². The lowest BCUT2D eigenvalue weighted by Gasteiger charge is -2.25. The van der Waals surface area contributed by atoms with E-state index in [-0.39, 0.29) is 0 Å². The Morgan fingerprint density at radius 2 is 1.48 bits per heavy atom. The summed E-state index contributed by atoms with van der Waals surface area (Å²) >= 11 is 0. The SMILES string of the molecule is COC(=O)C(F)C(=O)N1c2ccccc2CCc2ccccc21. The van der Waals surface area contributed by atoms with E-state index in [0.717, 1.165) is 31.1 Å². The number of aryl methyl sites for hydroxylation is 2. The van der Waals surface area contributed by atoms with E-state index in [2.05, 4.69) is 4.74 Å². The summed E-state index contributed by atoms with van der Waals surface area (Å²) in [5, 5.41) is 0. The van der Waals surface area contributed by atoms with Crippen LogP contribution in [0.15, 0.2) is 48.5 Å². The summed E-state index contributed by atoms with van der Waals surface area (Å²) in [5.74, 6) is -2.12. The Bertz CT molecular complexity index is 712. The Balaban J connectivity index is 2.14. The van der Waals surface area contributed by atoms with Crippen molar-refractivity contribution in [3.8, 4) is 0 Å². The maximum atomic E-state index is 14.2. The number of hydrogen-bond acceptors (Lipinski definition) is 3. The molecule has 1 atom stereocenters. The van der Waals surface area contributed by atoms with Crippen molar-refractivity contribution < 1.29 is 18.7 Å². The van der Waals surface area contributed by atoms with Crippen LogP contribution in [0, 0.1) is 0 Å². The minimum Gasteiger partial charge on any atom is -0.466 e.